The van der Waals surface area contributed by atoms with Crippen LogP contribution in [-0.4, -0.2) is 31.0 Å². The summed E-state index contributed by atoms with van der Waals surface area (Å²) < 4.78 is 8.80. The topological polar surface area (TPSA) is 86.3 Å². The summed E-state index contributed by atoms with van der Waals surface area (Å²) in [6, 6.07) is 17.3. The van der Waals surface area contributed by atoms with Crippen LogP contribution in [-0.2, 0) is 30.7 Å². The Balaban J connectivity index is 1.61. The van der Waals surface area contributed by atoms with Gasteiger partial charge in [-0.25, -0.2) is 14.3 Å². The molecule has 0 atom stereocenters. The maximum atomic E-state index is 12.7. The predicted octanol–water partition coefficient (Wildman–Crippen LogP) is 3.53. The third-order valence-corrected chi connectivity index (χ3v) is 5.17. The van der Waals surface area contributed by atoms with Crippen LogP contribution in [0.2, 0.25) is 0 Å². The summed E-state index contributed by atoms with van der Waals surface area (Å²) in [6.07, 6.45) is 2.38. The maximum absolute atomic E-state index is 12.7. The standard InChI is InChI=1S/C24H29N3O4/c1-4-26-21(25-27(23(26)30)17-19-9-6-5-7-10-19)12-8-11-18-13-15-20(16-14-18)31-24(2,3)22(28)29/h5-7,9-10,13-16H,4,8,11-12,17H2,1-3H3,(H,28,29). The molecule has 7 heteroatoms. The molecule has 7 nitrogen and oxygen atoms in total. The smallest absolute Gasteiger partial charge is 0.347 e. The van der Waals surface area contributed by atoms with Crippen LogP contribution in [0.25, 0.3) is 0 Å². The van der Waals surface area contributed by atoms with E-state index in [1.807, 2.05) is 49.4 Å². The highest BCUT2D eigenvalue weighted by Crippen LogP contribution is 2.20. The van der Waals surface area contributed by atoms with Crippen molar-refractivity contribution in [3.05, 3.63) is 82.0 Å². The molecule has 3 rings (SSSR count). The van der Waals surface area contributed by atoms with Crippen molar-refractivity contribution in [3.8, 4) is 5.75 Å². The van der Waals surface area contributed by atoms with Crippen molar-refractivity contribution < 1.29 is 14.6 Å². The number of aromatic nitrogens is 3. The second-order valence-electron chi connectivity index (χ2n) is 8.00. The molecule has 3 aromatic rings. The predicted molar refractivity (Wildman–Crippen MR) is 119 cm³/mol. The molecule has 0 aliphatic rings. The van der Waals surface area contributed by atoms with Crippen molar-refractivity contribution in [1.29, 1.82) is 0 Å². The van der Waals surface area contributed by atoms with Gasteiger partial charge >= 0.3 is 11.7 Å². The lowest BCUT2D eigenvalue weighted by atomic mass is 10.1. The summed E-state index contributed by atoms with van der Waals surface area (Å²) in [5.41, 5.74) is 0.813. The third-order valence-electron chi connectivity index (χ3n) is 5.17. The zero-order valence-electron chi connectivity index (χ0n) is 18.2. The van der Waals surface area contributed by atoms with E-state index in [1.54, 1.807) is 16.7 Å². The normalized spacial score (nSPS) is 11.5. The van der Waals surface area contributed by atoms with E-state index in [2.05, 4.69) is 5.10 Å². The zero-order chi connectivity index (χ0) is 22.4. The molecule has 0 amide bonds. The second kappa shape index (κ2) is 9.64. The fourth-order valence-corrected chi connectivity index (χ4v) is 3.36. The molecule has 2 aromatic carbocycles. The van der Waals surface area contributed by atoms with Crippen LogP contribution in [0.1, 0.15) is 44.1 Å². The summed E-state index contributed by atoms with van der Waals surface area (Å²) in [6.45, 7) is 6.06. The second-order valence-corrected chi connectivity index (χ2v) is 8.00. The molecule has 1 heterocycles. The van der Waals surface area contributed by atoms with Gasteiger partial charge < -0.3 is 9.84 Å². The molecule has 0 aliphatic heterocycles. The molecule has 0 saturated heterocycles. The van der Waals surface area contributed by atoms with E-state index < -0.39 is 11.6 Å². The number of rotatable bonds is 10. The first-order valence-corrected chi connectivity index (χ1v) is 10.5. The first kappa shape index (κ1) is 22.3. The summed E-state index contributed by atoms with van der Waals surface area (Å²) in [5, 5.41) is 13.7. The van der Waals surface area contributed by atoms with E-state index in [0.717, 1.165) is 29.8 Å². The van der Waals surface area contributed by atoms with E-state index in [0.29, 0.717) is 25.3 Å². The summed E-state index contributed by atoms with van der Waals surface area (Å²) in [5.74, 6) is 0.312. The van der Waals surface area contributed by atoms with Crippen LogP contribution in [0.15, 0.2) is 59.4 Å². The average Bonchev–Trinajstić information content (AvgIpc) is 3.04. The van der Waals surface area contributed by atoms with Gasteiger partial charge in [0.25, 0.3) is 0 Å². The molecule has 0 aliphatic carbocycles. The Hall–Kier alpha value is -3.35. The highest BCUT2D eigenvalue weighted by Gasteiger charge is 2.29. The minimum absolute atomic E-state index is 0.0797. The van der Waals surface area contributed by atoms with E-state index in [-0.39, 0.29) is 5.69 Å². The van der Waals surface area contributed by atoms with E-state index >= 15 is 0 Å². The lowest BCUT2D eigenvalue weighted by Crippen LogP contribution is -2.37. The Morgan fingerprint density at radius 3 is 2.32 bits per heavy atom. The Labute approximate surface area is 181 Å². The quantitative estimate of drug-likeness (QED) is 0.539. The first-order chi connectivity index (χ1) is 14.8. The number of carbonyl (C=O) groups is 1. The van der Waals surface area contributed by atoms with Gasteiger partial charge in [-0.05, 0) is 56.9 Å². The summed E-state index contributed by atoms with van der Waals surface area (Å²) >= 11 is 0. The number of hydrogen-bond acceptors (Lipinski definition) is 4. The highest BCUT2D eigenvalue weighted by atomic mass is 16.5. The minimum Gasteiger partial charge on any atom is -0.478 e. The molecular weight excluding hydrogens is 394 g/mol. The van der Waals surface area contributed by atoms with Gasteiger partial charge in [0.05, 0.1) is 6.54 Å². The van der Waals surface area contributed by atoms with Crippen LogP contribution in [0.3, 0.4) is 0 Å². The average molecular weight is 424 g/mol. The highest BCUT2D eigenvalue weighted by molar-refractivity contribution is 5.76. The number of aliphatic carboxylic acids is 1. The van der Waals surface area contributed by atoms with Gasteiger partial charge in [-0.3, -0.25) is 4.57 Å². The molecule has 1 aromatic heterocycles. The van der Waals surface area contributed by atoms with Gasteiger partial charge in [0.2, 0.25) is 0 Å². The fraction of sp³-hybridized carbons (Fsp3) is 0.375. The van der Waals surface area contributed by atoms with Crippen LogP contribution in [0.4, 0.5) is 0 Å². The van der Waals surface area contributed by atoms with E-state index in [4.69, 9.17) is 4.74 Å². The van der Waals surface area contributed by atoms with Crippen molar-refractivity contribution >= 4 is 5.97 Å². The Kier molecular flexibility index (Phi) is 6.95. The Bertz CT molecular complexity index is 1070. The SMILES string of the molecule is CCn1c(CCCc2ccc(OC(C)(C)C(=O)O)cc2)nn(Cc2ccccc2)c1=O. The van der Waals surface area contributed by atoms with Gasteiger partial charge in [-0.1, -0.05) is 42.5 Å². The van der Waals surface area contributed by atoms with Crippen molar-refractivity contribution in [3.63, 3.8) is 0 Å². The van der Waals surface area contributed by atoms with Gasteiger partial charge in [-0.15, -0.1) is 0 Å². The number of carboxylic acids is 1. The monoisotopic (exact) mass is 423 g/mol. The van der Waals surface area contributed by atoms with Crippen molar-refractivity contribution in [1.82, 2.24) is 14.3 Å². The molecule has 0 radical (unpaired) electrons. The summed E-state index contributed by atoms with van der Waals surface area (Å²) in [4.78, 5) is 23.9. The molecule has 0 unspecified atom stereocenters. The van der Waals surface area contributed by atoms with Gasteiger partial charge in [0.15, 0.2) is 5.60 Å². The van der Waals surface area contributed by atoms with Crippen molar-refractivity contribution in [2.24, 2.45) is 0 Å². The first-order valence-electron chi connectivity index (χ1n) is 10.5. The Morgan fingerprint density at radius 1 is 1.03 bits per heavy atom. The lowest BCUT2D eigenvalue weighted by molar-refractivity contribution is -0.152. The van der Waals surface area contributed by atoms with E-state index in [9.17, 15) is 14.7 Å². The number of hydrogen-bond donors (Lipinski definition) is 1. The maximum Gasteiger partial charge on any atom is 0.347 e. The van der Waals surface area contributed by atoms with Crippen molar-refractivity contribution in [2.75, 3.05) is 0 Å². The number of nitrogens with zero attached hydrogens (tertiary/aromatic N) is 3. The fourth-order valence-electron chi connectivity index (χ4n) is 3.36. The van der Waals surface area contributed by atoms with Crippen molar-refractivity contribution in [2.45, 2.75) is 58.7 Å². The lowest BCUT2D eigenvalue weighted by Gasteiger charge is -2.21. The zero-order valence-corrected chi connectivity index (χ0v) is 18.2. The molecular formula is C24H29N3O4. The van der Waals surface area contributed by atoms with E-state index in [1.165, 1.54) is 18.5 Å². The molecule has 0 spiro atoms. The van der Waals surface area contributed by atoms with Crippen LogP contribution in [0.5, 0.6) is 5.75 Å². The summed E-state index contributed by atoms with van der Waals surface area (Å²) in [7, 11) is 0. The number of carboxylic acid groups (broad SMARTS) is 1. The van der Waals surface area contributed by atoms with Crippen LogP contribution < -0.4 is 10.4 Å². The largest absolute Gasteiger partial charge is 0.478 e. The van der Waals surface area contributed by atoms with Gasteiger partial charge in [-0.2, -0.15) is 5.10 Å². The molecule has 0 fully saturated rings. The molecule has 31 heavy (non-hydrogen) atoms. The van der Waals surface area contributed by atoms with Crippen LogP contribution in [0, 0.1) is 0 Å². The third kappa shape index (κ3) is 5.63. The van der Waals surface area contributed by atoms with Crippen LogP contribution >= 0.6 is 0 Å². The number of aryl methyl sites for hydroxylation is 2. The number of ether oxygens (including phenoxy) is 1. The van der Waals surface area contributed by atoms with Gasteiger partial charge in [0, 0.05) is 13.0 Å². The molecule has 0 bridgehead atoms. The molecule has 1 N–H and O–H groups in total. The van der Waals surface area contributed by atoms with Gasteiger partial charge in [0.1, 0.15) is 11.6 Å². The minimum atomic E-state index is -1.27. The molecule has 0 saturated carbocycles. The number of benzene rings is 2. The molecule has 164 valence electrons. The Morgan fingerprint density at radius 2 is 1.71 bits per heavy atom.